The zero-order valence-electron chi connectivity index (χ0n) is 15.6. The molecule has 0 spiro atoms. The van der Waals surface area contributed by atoms with Gasteiger partial charge in [0.05, 0.1) is 11.4 Å². The van der Waals surface area contributed by atoms with Gasteiger partial charge in [0, 0.05) is 24.6 Å². The zero-order chi connectivity index (χ0) is 19.7. The average Bonchev–Trinajstić information content (AvgIpc) is 3.24. The third-order valence-corrected chi connectivity index (χ3v) is 4.77. The second kappa shape index (κ2) is 6.84. The van der Waals surface area contributed by atoms with Gasteiger partial charge in [0.1, 0.15) is 5.75 Å². The number of benzene rings is 2. The molecule has 2 amide bonds. The Labute approximate surface area is 162 Å². The molecule has 0 saturated heterocycles. The fourth-order valence-corrected chi connectivity index (χ4v) is 3.22. The van der Waals surface area contributed by atoms with Crippen LogP contribution < -0.4 is 15.0 Å². The van der Waals surface area contributed by atoms with Crippen molar-refractivity contribution in [1.29, 1.82) is 0 Å². The van der Waals surface area contributed by atoms with Crippen LogP contribution in [0.3, 0.4) is 0 Å². The number of nitrogens with one attached hydrogen (secondary N) is 1. The third kappa shape index (κ3) is 2.90. The molecule has 2 heterocycles. The molecule has 1 N–H and O–H groups in total. The van der Waals surface area contributed by atoms with Gasteiger partial charge in [-0.2, -0.15) is 5.10 Å². The number of fused-ring (bicyclic) bond motifs is 1. The van der Waals surface area contributed by atoms with E-state index in [-0.39, 0.29) is 5.91 Å². The van der Waals surface area contributed by atoms with Gasteiger partial charge >= 0.3 is 0 Å². The van der Waals surface area contributed by atoms with Crippen LogP contribution in [-0.4, -0.2) is 33.7 Å². The Bertz CT molecular complexity index is 1010. The second-order valence-corrected chi connectivity index (χ2v) is 6.60. The molecule has 7 nitrogen and oxygen atoms in total. The minimum absolute atomic E-state index is 0.389. The number of rotatable bonds is 4. The highest BCUT2D eigenvalue weighted by Gasteiger charge is 2.50. The molecule has 0 fully saturated rings. The normalized spacial score (nSPS) is 18.4. The van der Waals surface area contributed by atoms with Crippen molar-refractivity contribution < 1.29 is 14.3 Å². The Morgan fingerprint density at radius 2 is 1.89 bits per heavy atom. The van der Waals surface area contributed by atoms with E-state index in [1.165, 1.54) is 6.92 Å². The molecular weight excluding hydrogens is 356 g/mol. The van der Waals surface area contributed by atoms with E-state index in [0.29, 0.717) is 23.7 Å². The summed E-state index contributed by atoms with van der Waals surface area (Å²) in [6.07, 6.45) is 3.53. The number of ether oxygens (including phenoxy) is 1. The summed E-state index contributed by atoms with van der Waals surface area (Å²) in [6.45, 7) is 3.81. The summed E-state index contributed by atoms with van der Waals surface area (Å²) in [4.78, 5) is 27.6. The van der Waals surface area contributed by atoms with E-state index in [0.717, 1.165) is 5.69 Å². The first kappa shape index (κ1) is 17.8. The summed E-state index contributed by atoms with van der Waals surface area (Å²) in [5.41, 5.74) is 0.458. The predicted octanol–water partition coefficient (Wildman–Crippen LogP) is 3.02. The lowest BCUT2D eigenvalue weighted by Crippen LogP contribution is -2.60. The number of nitrogens with zero attached hydrogens (tertiary/aromatic N) is 3. The van der Waals surface area contributed by atoms with Crippen molar-refractivity contribution in [2.75, 3.05) is 16.8 Å². The molecule has 4 rings (SSSR count). The molecule has 1 unspecified atom stereocenters. The molecule has 1 aromatic heterocycles. The van der Waals surface area contributed by atoms with Gasteiger partial charge in [-0.05, 0) is 56.3 Å². The van der Waals surface area contributed by atoms with E-state index < -0.39 is 11.5 Å². The Kier molecular flexibility index (Phi) is 4.35. The number of hydrogen-bond acceptors (Lipinski definition) is 4. The van der Waals surface area contributed by atoms with Crippen LogP contribution in [0.5, 0.6) is 5.75 Å². The number of aromatic nitrogens is 2. The fraction of sp³-hybridized carbons (Fsp3) is 0.190. The number of para-hydroxylation sites is 2. The number of carbonyl (C=O) groups is 2. The molecule has 7 heteroatoms. The van der Waals surface area contributed by atoms with Gasteiger partial charge in [0.15, 0.2) is 0 Å². The van der Waals surface area contributed by atoms with E-state index in [1.807, 2.05) is 49.5 Å². The highest BCUT2D eigenvalue weighted by atomic mass is 16.5. The highest BCUT2D eigenvalue weighted by molar-refractivity contribution is 6.19. The first-order valence-corrected chi connectivity index (χ1v) is 9.04. The fourth-order valence-electron chi connectivity index (χ4n) is 3.22. The summed E-state index contributed by atoms with van der Waals surface area (Å²) in [7, 11) is 0. The topological polar surface area (TPSA) is 76.5 Å². The van der Waals surface area contributed by atoms with Crippen molar-refractivity contribution in [3.63, 3.8) is 0 Å². The number of anilines is 2. The SMILES string of the molecule is CCN1C(=O)C(C)(C(=O)Nc2ccc(-n3cccn3)cc2)Oc2ccccc21. The third-order valence-electron chi connectivity index (χ3n) is 4.77. The van der Waals surface area contributed by atoms with Crippen LogP contribution >= 0.6 is 0 Å². The second-order valence-electron chi connectivity index (χ2n) is 6.60. The van der Waals surface area contributed by atoms with E-state index >= 15 is 0 Å². The lowest BCUT2D eigenvalue weighted by molar-refractivity contribution is -0.145. The monoisotopic (exact) mass is 376 g/mol. The van der Waals surface area contributed by atoms with Gasteiger partial charge in [-0.15, -0.1) is 0 Å². The van der Waals surface area contributed by atoms with Gasteiger partial charge in [-0.25, -0.2) is 4.68 Å². The molecule has 1 aliphatic heterocycles. The first-order valence-electron chi connectivity index (χ1n) is 9.04. The maximum Gasteiger partial charge on any atom is 0.280 e. The quantitative estimate of drug-likeness (QED) is 0.710. The Morgan fingerprint density at radius 1 is 1.14 bits per heavy atom. The molecule has 3 aromatic rings. The van der Waals surface area contributed by atoms with Crippen molar-refractivity contribution in [2.45, 2.75) is 19.4 Å². The van der Waals surface area contributed by atoms with Gasteiger partial charge in [-0.1, -0.05) is 12.1 Å². The van der Waals surface area contributed by atoms with Gasteiger partial charge in [0.2, 0.25) is 0 Å². The summed E-state index contributed by atoms with van der Waals surface area (Å²) in [5, 5.41) is 6.96. The number of likely N-dealkylation sites (N-methyl/N-ethyl adjacent to an activating group) is 1. The lowest BCUT2D eigenvalue weighted by Gasteiger charge is -2.39. The minimum atomic E-state index is -1.65. The molecule has 1 atom stereocenters. The molecule has 28 heavy (non-hydrogen) atoms. The molecule has 1 aliphatic rings. The number of hydrogen-bond donors (Lipinski definition) is 1. The van der Waals surface area contributed by atoms with Crippen LogP contribution in [0.1, 0.15) is 13.8 Å². The van der Waals surface area contributed by atoms with Crippen LogP contribution in [0, 0.1) is 0 Å². The molecule has 142 valence electrons. The van der Waals surface area contributed by atoms with Crippen LogP contribution in [0.15, 0.2) is 67.0 Å². The number of carbonyl (C=O) groups excluding carboxylic acids is 2. The van der Waals surface area contributed by atoms with Crippen molar-refractivity contribution >= 4 is 23.2 Å². The molecule has 0 saturated carbocycles. The van der Waals surface area contributed by atoms with E-state index in [9.17, 15) is 9.59 Å². The van der Waals surface area contributed by atoms with Crippen molar-refractivity contribution in [3.05, 3.63) is 67.0 Å². The maximum atomic E-state index is 13.0. The summed E-state index contributed by atoms with van der Waals surface area (Å²) in [5.74, 6) is -0.396. The van der Waals surface area contributed by atoms with Crippen molar-refractivity contribution in [1.82, 2.24) is 9.78 Å². The molecule has 2 aromatic carbocycles. The summed E-state index contributed by atoms with van der Waals surface area (Å²) < 4.78 is 7.58. The zero-order valence-corrected chi connectivity index (χ0v) is 15.6. The van der Waals surface area contributed by atoms with Gasteiger partial charge in [-0.3, -0.25) is 9.59 Å². The molecule has 0 radical (unpaired) electrons. The van der Waals surface area contributed by atoms with Crippen LogP contribution in [-0.2, 0) is 9.59 Å². The summed E-state index contributed by atoms with van der Waals surface area (Å²) in [6, 6.07) is 16.2. The van der Waals surface area contributed by atoms with Crippen LogP contribution in [0.25, 0.3) is 5.69 Å². The first-order chi connectivity index (χ1) is 13.5. The van der Waals surface area contributed by atoms with Crippen LogP contribution in [0.4, 0.5) is 11.4 Å². The average molecular weight is 376 g/mol. The molecule has 0 aliphatic carbocycles. The van der Waals surface area contributed by atoms with Crippen LogP contribution in [0.2, 0.25) is 0 Å². The van der Waals surface area contributed by atoms with Gasteiger partial charge in [0.25, 0.3) is 17.4 Å². The minimum Gasteiger partial charge on any atom is -0.465 e. The number of amides is 2. The van der Waals surface area contributed by atoms with Gasteiger partial charge < -0.3 is 15.0 Å². The van der Waals surface area contributed by atoms with Crippen molar-refractivity contribution in [3.8, 4) is 11.4 Å². The van der Waals surface area contributed by atoms with E-state index in [4.69, 9.17) is 4.74 Å². The smallest absolute Gasteiger partial charge is 0.280 e. The molecular formula is C21H20N4O3. The van der Waals surface area contributed by atoms with E-state index in [1.54, 1.807) is 34.0 Å². The molecule has 0 bridgehead atoms. The Hall–Kier alpha value is -3.61. The highest BCUT2D eigenvalue weighted by Crippen LogP contribution is 2.37. The maximum absolute atomic E-state index is 13.0. The predicted molar refractivity (Wildman–Crippen MR) is 106 cm³/mol. The Morgan fingerprint density at radius 3 is 2.57 bits per heavy atom. The largest absolute Gasteiger partial charge is 0.465 e. The lowest BCUT2D eigenvalue weighted by atomic mass is 9.99. The standard InChI is InChI=1S/C21H20N4O3/c1-3-24-17-7-4-5-8-18(17)28-21(2,20(24)27)19(26)23-15-9-11-16(12-10-15)25-14-6-13-22-25/h4-14H,3H2,1-2H3,(H,23,26). The van der Waals surface area contributed by atoms with E-state index in [2.05, 4.69) is 10.4 Å². The summed E-state index contributed by atoms with van der Waals surface area (Å²) >= 11 is 0. The Balaban J connectivity index is 1.58. The van der Waals surface area contributed by atoms with Crippen molar-refractivity contribution in [2.24, 2.45) is 0 Å².